The largest absolute Gasteiger partial charge is 0.497 e. The first-order valence-corrected chi connectivity index (χ1v) is 10.5. The predicted octanol–water partition coefficient (Wildman–Crippen LogP) is 3.32. The summed E-state index contributed by atoms with van der Waals surface area (Å²) in [4.78, 5) is 27.1. The van der Waals surface area contributed by atoms with Crippen molar-refractivity contribution in [3.8, 4) is 23.0 Å². The molecule has 2 aromatic carbocycles. The minimum absolute atomic E-state index is 0.0485. The number of ether oxygens (including phenoxy) is 4. The second kappa shape index (κ2) is 9.64. The van der Waals surface area contributed by atoms with Crippen molar-refractivity contribution in [2.75, 3.05) is 39.4 Å². The lowest BCUT2D eigenvalue weighted by molar-refractivity contribution is -0.130. The Morgan fingerprint density at radius 2 is 1.81 bits per heavy atom. The Bertz CT molecular complexity index is 1030. The second-order valence-electron chi connectivity index (χ2n) is 7.60. The number of amides is 2. The van der Waals surface area contributed by atoms with Crippen LogP contribution in [-0.4, -0.2) is 50.8 Å². The van der Waals surface area contributed by atoms with E-state index in [0.29, 0.717) is 54.6 Å². The van der Waals surface area contributed by atoms with E-state index < -0.39 is 0 Å². The van der Waals surface area contributed by atoms with E-state index in [2.05, 4.69) is 5.32 Å². The first kappa shape index (κ1) is 21.5. The van der Waals surface area contributed by atoms with Crippen molar-refractivity contribution < 1.29 is 28.5 Å². The summed E-state index contributed by atoms with van der Waals surface area (Å²) in [6.45, 7) is 1.24. The number of carbonyl (C=O) groups excluding carboxylic acids is 2. The Morgan fingerprint density at radius 1 is 1.03 bits per heavy atom. The number of anilines is 1. The molecule has 0 radical (unpaired) electrons. The van der Waals surface area contributed by atoms with Crippen LogP contribution in [0.1, 0.15) is 18.4 Å². The summed E-state index contributed by atoms with van der Waals surface area (Å²) < 4.78 is 21.2. The number of methoxy groups -OCH3 is 2. The maximum atomic E-state index is 12.7. The maximum absolute atomic E-state index is 12.7. The van der Waals surface area contributed by atoms with Crippen LogP contribution in [0.2, 0.25) is 0 Å². The minimum atomic E-state index is -0.146. The highest BCUT2D eigenvalue weighted by atomic mass is 16.7. The summed E-state index contributed by atoms with van der Waals surface area (Å²) in [5.74, 6) is 2.36. The molecule has 1 N–H and O–H groups in total. The lowest BCUT2D eigenvalue weighted by Gasteiger charge is -2.30. The summed E-state index contributed by atoms with van der Waals surface area (Å²) in [7, 11) is 3.17. The molecule has 2 aliphatic heterocycles. The van der Waals surface area contributed by atoms with E-state index in [4.69, 9.17) is 18.9 Å². The van der Waals surface area contributed by atoms with Crippen LogP contribution in [0.15, 0.2) is 42.5 Å². The van der Waals surface area contributed by atoms with Gasteiger partial charge in [-0.25, -0.2) is 0 Å². The van der Waals surface area contributed by atoms with Gasteiger partial charge in [0.05, 0.1) is 14.2 Å². The molecule has 8 heteroatoms. The highest BCUT2D eigenvalue weighted by Gasteiger charge is 2.27. The summed E-state index contributed by atoms with van der Waals surface area (Å²) in [5, 5.41) is 2.94. The Hall–Kier alpha value is -3.68. The van der Waals surface area contributed by atoms with Gasteiger partial charge < -0.3 is 29.2 Å². The molecule has 0 saturated carbocycles. The van der Waals surface area contributed by atoms with Gasteiger partial charge in [-0.1, -0.05) is 0 Å². The lowest BCUT2D eigenvalue weighted by atomic mass is 9.95. The number of carbonyl (C=O) groups is 2. The molecule has 0 aliphatic carbocycles. The first-order valence-electron chi connectivity index (χ1n) is 10.5. The number of hydrogen-bond donors (Lipinski definition) is 1. The van der Waals surface area contributed by atoms with E-state index in [9.17, 15) is 9.59 Å². The zero-order chi connectivity index (χ0) is 22.5. The molecule has 1 fully saturated rings. The topological polar surface area (TPSA) is 86.3 Å². The SMILES string of the molecule is COc1ccc(OC)c(C=CC(=O)N2CCC(C(=O)Nc3ccc4c(c3)OCO4)CC2)c1. The maximum Gasteiger partial charge on any atom is 0.246 e. The van der Waals surface area contributed by atoms with Gasteiger partial charge in [0.25, 0.3) is 0 Å². The van der Waals surface area contributed by atoms with Crippen LogP contribution in [0, 0.1) is 5.92 Å². The van der Waals surface area contributed by atoms with Crippen LogP contribution in [0.3, 0.4) is 0 Å². The number of benzene rings is 2. The summed E-state index contributed by atoms with van der Waals surface area (Å²) in [6, 6.07) is 10.8. The number of likely N-dealkylation sites (tertiary alicyclic amines) is 1. The van der Waals surface area contributed by atoms with E-state index in [1.165, 1.54) is 6.08 Å². The third-order valence-electron chi connectivity index (χ3n) is 5.66. The Labute approximate surface area is 186 Å². The Balaban J connectivity index is 1.31. The minimum Gasteiger partial charge on any atom is -0.497 e. The Morgan fingerprint density at radius 3 is 2.56 bits per heavy atom. The van der Waals surface area contributed by atoms with Crippen LogP contribution in [-0.2, 0) is 9.59 Å². The highest BCUT2D eigenvalue weighted by molar-refractivity contribution is 5.94. The van der Waals surface area contributed by atoms with Gasteiger partial charge in [-0.15, -0.1) is 0 Å². The fourth-order valence-electron chi connectivity index (χ4n) is 3.82. The number of nitrogens with zero attached hydrogens (tertiary/aromatic N) is 1. The molecule has 0 bridgehead atoms. The molecule has 168 valence electrons. The van der Waals surface area contributed by atoms with Gasteiger partial charge in [0, 0.05) is 42.4 Å². The summed E-state index contributed by atoms with van der Waals surface area (Å²) in [5.41, 5.74) is 1.44. The van der Waals surface area contributed by atoms with Gasteiger partial charge in [0.1, 0.15) is 11.5 Å². The fourth-order valence-corrected chi connectivity index (χ4v) is 3.82. The number of fused-ring (bicyclic) bond motifs is 1. The lowest BCUT2D eigenvalue weighted by Crippen LogP contribution is -2.40. The molecular weight excluding hydrogens is 412 g/mol. The molecule has 8 nitrogen and oxygen atoms in total. The van der Waals surface area contributed by atoms with E-state index >= 15 is 0 Å². The third-order valence-corrected chi connectivity index (χ3v) is 5.66. The first-order chi connectivity index (χ1) is 15.6. The predicted molar refractivity (Wildman–Crippen MR) is 119 cm³/mol. The van der Waals surface area contributed by atoms with Crippen molar-refractivity contribution in [1.82, 2.24) is 4.90 Å². The second-order valence-corrected chi connectivity index (χ2v) is 7.60. The van der Waals surface area contributed by atoms with Gasteiger partial charge in [0.15, 0.2) is 11.5 Å². The monoisotopic (exact) mass is 438 g/mol. The molecule has 0 spiro atoms. The molecule has 4 rings (SSSR count). The van der Waals surface area contributed by atoms with E-state index in [0.717, 1.165) is 5.56 Å². The summed E-state index contributed by atoms with van der Waals surface area (Å²) in [6.07, 6.45) is 4.48. The van der Waals surface area contributed by atoms with Crippen molar-refractivity contribution in [3.63, 3.8) is 0 Å². The number of rotatable bonds is 6. The van der Waals surface area contributed by atoms with Crippen molar-refractivity contribution >= 4 is 23.6 Å². The highest BCUT2D eigenvalue weighted by Crippen LogP contribution is 2.34. The zero-order valence-electron chi connectivity index (χ0n) is 18.1. The number of hydrogen-bond acceptors (Lipinski definition) is 6. The zero-order valence-corrected chi connectivity index (χ0v) is 18.1. The quantitative estimate of drug-likeness (QED) is 0.697. The standard InChI is InChI=1S/C24H26N2O6/c1-29-19-5-7-20(30-2)17(13-19)3-8-23(27)26-11-9-16(10-12-26)24(28)25-18-4-6-21-22(14-18)32-15-31-21/h3-8,13-14,16H,9-12,15H2,1-2H3,(H,25,28). The van der Waals surface area contributed by atoms with E-state index in [1.807, 2.05) is 6.07 Å². The van der Waals surface area contributed by atoms with Gasteiger partial charge in [0.2, 0.25) is 18.6 Å². The molecule has 2 heterocycles. The van der Waals surface area contributed by atoms with Crippen molar-refractivity contribution in [2.45, 2.75) is 12.8 Å². The molecule has 0 atom stereocenters. The normalized spacial score (nSPS) is 15.6. The van der Waals surface area contributed by atoms with Crippen LogP contribution in [0.4, 0.5) is 5.69 Å². The number of piperidine rings is 1. The number of nitrogens with one attached hydrogen (secondary N) is 1. The Kier molecular flexibility index (Phi) is 6.49. The van der Waals surface area contributed by atoms with Gasteiger partial charge in [-0.2, -0.15) is 0 Å². The van der Waals surface area contributed by atoms with Crippen molar-refractivity contribution in [2.24, 2.45) is 5.92 Å². The molecule has 0 aromatic heterocycles. The average molecular weight is 438 g/mol. The molecule has 2 amide bonds. The average Bonchev–Trinajstić information content (AvgIpc) is 3.30. The molecule has 2 aromatic rings. The van der Waals surface area contributed by atoms with Crippen LogP contribution in [0.5, 0.6) is 23.0 Å². The van der Waals surface area contributed by atoms with Crippen LogP contribution < -0.4 is 24.3 Å². The van der Waals surface area contributed by atoms with Crippen LogP contribution in [0.25, 0.3) is 6.08 Å². The van der Waals surface area contributed by atoms with Gasteiger partial charge in [-0.3, -0.25) is 9.59 Å². The molecule has 1 saturated heterocycles. The van der Waals surface area contributed by atoms with Gasteiger partial charge >= 0.3 is 0 Å². The summed E-state index contributed by atoms with van der Waals surface area (Å²) >= 11 is 0. The third kappa shape index (κ3) is 4.80. The van der Waals surface area contributed by atoms with Crippen molar-refractivity contribution in [1.29, 1.82) is 0 Å². The molecule has 2 aliphatic rings. The molecule has 0 unspecified atom stereocenters. The van der Waals surface area contributed by atoms with E-state index in [-0.39, 0.29) is 24.5 Å². The van der Waals surface area contributed by atoms with Gasteiger partial charge in [-0.05, 0) is 49.2 Å². The van der Waals surface area contributed by atoms with Crippen LogP contribution >= 0.6 is 0 Å². The smallest absolute Gasteiger partial charge is 0.246 e. The van der Waals surface area contributed by atoms with E-state index in [1.54, 1.807) is 55.5 Å². The van der Waals surface area contributed by atoms with Crippen molar-refractivity contribution in [3.05, 3.63) is 48.0 Å². The molecule has 32 heavy (non-hydrogen) atoms. The fraction of sp³-hybridized carbons (Fsp3) is 0.333. The molecular formula is C24H26N2O6.